The van der Waals surface area contributed by atoms with Crippen LogP contribution < -0.4 is 11.1 Å². The molecule has 0 saturated heterocycles. The number of guanidine groups is 1. The Balaban J connectivity index is 0.00000289. The van der Waals surface area contributed by atoms with Gasteiger partial charge in [0.1, 0.15) is 5.82 Å². The number of rotatable bonds is 4. The lowest BCUT2D eigenvalue weighted by Gasteiger charge is -2.07. The van der Waals surface area contributed by atoms with Gasteiger partial charge in [-0.2, -0.15) is 0 Å². The van der Waals surface area contributed by atoms with Gasteiger partial charge in [-0.3, -0.25) is 9.79 Å². The Bertz CT molecular complexity index is 397. The maximum atomic E-state index is 11.1. The zero-order valence-corrected chi connectivity index (χ0v) is 12.6. The normalized spacial score (nSPS) is 12.2. The molecule has 18 heavy (non-hydrogen) atoms. The summed E-state index contributed by atoms with van der Waals surface area (Å²) in [5, 5.41) is 2.82. The molecule has 0 radical (unpaired) electrons. The van der Waals surface area contributed by atoms with Crippen molar-refractivity contribution in [3.05, 3.63) is 24.4 Å². The van der Waals surface area contributed by atoms with Crippen LogP contribution in [0, 0.1) is 5.92 Å². The lowest BCUT2D eigenvalue weighted by molar-refractivity contribution is -0.144. The highest BCUT2D eigenvalue weighted by molar-refractivity contribution is 14.0. The minimum atomic E-state index is -0.316. The largest absolute Gasteiger partial charge is 0.469 e. The van der Waals surface area contributed by atoms with Crippen molar-refractivity contribution < 1.29 is 9.53 Å². The summed E-state index contributed by atoms with van der Waals surface area (Å²) >= 11 is 0. The van der Waals surface area contributed by atoms with Crippen LogP contribution >= 0.6 is 24.0 Å². The van der Waals surface area contributed by atoms with Crippen molar-refractivity contribution in [2.45, 2.75) is 6.92 Å². The first kappa shape index (κ1) is 16.6. The molecule has 0 aliphatic carbocycles. The smallest absolute Gasteiger partial charge is 0.310 e. The highest BCUT2D eigenvalue weighted by Gasteiger charge is 2.11. The van der Waals surface area contributed by atoms with E-state index >= 15 is 0 Å². The van der Waals surface area contributed by atoms with Crippen molar-refractivity contribution in [3.63, 3.8) is 0 Å². The molecule has 1 aromatic heterocycles. The number of nitrogens with two attached hydrogens (primary N) is 1. The molecule has 100 valence electrons. The van der Waals surface area contributed by atoms with E-state index in [1.807, 2.05) is 6.07 Å². The van der Waals surface area contributed by atoms with Crippen LogP contribution in [0.3, 0.4) is 0 Å². The van der Waals surface area contributed by atoms with Crippen LogP contribution in [0.1, 0.15) is 6.92 Å². The molecule has 0 aliphatic rings. The molecule has 7 heteroatoms. The lowest BCUT2D eigenvalue weighted by atomic mass is 10.2. The third-order valence-corrected chi connectivity index (χ3v) is 2.06. The molecule has 1 rings (SSSR count). The molecule has 0 amide bonds. The van der Waals surface area contributed by atoms with Gasteiger partial charge in [0.05, 0.1) is 19.6 Å². The van der Waals surface area contributed by atoms with Gasteiger partial charge in [-0.25, -0.2) is 4.98 Å². The van der Waals surface area contributed by atoms with Crippen LogP contribution in [0.25, 0.3) is 0 Å². The second-order valence-electron chi connectivity index (χ2n) is 3.49. The summed E-state index contributed by atoms with van der Waals surface area (Å²) in [5.41, 5.74) is 5.64. The zero-order chi connectivity index (χ0) is 12.7. The molecule has 6 nitrogen and oxygen atoms in total. The highest BCUT2D eigenvalue weighted by Crippen LogP contribution is 2.00. The molecule has 0 fully saturated rings. The van der Waals surface area contributed by atoms with E-state index in [4.69, 9.17) is 5.73 Å². The molecule has 0 aliphatic heterocycles. The van der Waals surface area contributed by atoms with Crippen LogP contribution in [0.4, 0.5) is 5.82 Å². The van der Waals surface area contributed by atoms with E-state index in [2.05, 4.69) is 20.0 Å². The quantitative estimate of drug-likeness (QED) is 0.363. The molecule has 1 heterocycles. The van der Waals surface area contributed by atoms with Gasteiger partial charge in [-0.15, -0.1) is 24.0 Å². The minimum absolute atomic E-state index is 0. The minimum Gasteiger partial charge on any atom is -0.469 e. The number of aliphatic imine (C=N–C) groups is 1. The Labute approximate surface area is 123 Å². The van der Waals surface area contributed by atoms with Crippen LogP contribution in [0.5, 0.6) is 0 Å². The fraction of sp³-hybridized carbons (Fsp3) is 0.364. The molecular weight excluding hydrogens is 347 g/mol. The van der Waals surface area contributed by atoms with Crippen molar-refractivity contribution in [1.29, 1.82) is 0 Å². The van der Waals surface area contributed by atoms with Gasteiger partial charge in [0.2, 0.25) is 0 Å². The summed E-state index contributed by atoms with van der Waals surface area (Å²) in [6.07, 6.45) is 1.65. The van der Waals surface area contributed by atoms with E-state index in [0.29, 0.717) is 5.82 Å². The van der Waals surface area contributed by atoms with Gasteiger partial charge in [0.15, 0.2) is 5.96 Å². The lowest BCUT2D eigenvalue weighted by Crippen LogP contribution is -2.25. The van der Waals surface area contributed by atoms with Gasteiger partial charge in [0.25, 0.3) is 0 Å². The molecule has 3 N–H and O–H groups in total. The number of carbonyl (C=O) groups is 1. The first-order chi connectivity index (χ1) is 8.13. The summed E-state index contributed by atoms with van der Waals surface area (Å²) in [6.45, 7) is 2.00. The predicted molar refractivity (Wildman–Crippen MR) is 80.9 cm³/mol. The summed E-state index contributed by atoms with van der Waals surface area (Å²) in [5.74, 6) is 0.211. The molecule has 1 unspecified atom stereocenters. The number of esters is 1. The van der Waals surface area contributed by atoms with Crippen LogP contribution in [-0.2, 0) is 9.53 Å². The summed E-state index contributed by atoms with van der Waals surface area (Å²) in [6, 6.07) is 5.41. The average Bonchev–Trinajstić information content (AvgIpc) is 2.36. The fourth-order valence-electron chi connectivity index (χ4n) is 1.12. The Morgan fingerprint density at radius 3 is 2.89 bits per heavy atom. The molecule has 0 bridgehead atoms. The van der Waals surface area contributed by atoms with Crippen LogP contribution in [-0.4, -0.2) is 30.6 Å². The second-order valence-corrected chi connectivity index (χ2v) is 3.49. The summed E-state index contributed by atoms with van der Waals surface area (Å²) < 4.78 is 4.58. The monoisotopic (exact) mass is 364 g/mol. The third kappa shape index (κ3) is 5.80. The van der Waals surface area contributed by atoms with Crippen molar-refractivity contribution >= 4 is 41.7 Å². The number of anilines is 1. The van der Waals surface area contributed by atoms with Crippen molar-refractivity contribution in [1.82, 2.24) is 4.98 Å². The van der Waals surface area contributed by atoms with E-state index in [1.165, 1.54) is 7.11 Å². The van der Waals surface area contributed by atoms with Crippen LogP contribution in [0.2, 0.25) is 0 Å². The van der Waals surface area contributed by atoms with Gasteiger partial charge in [0, 0.05) is 6.20 Å². The van der Waals surface area contributed by atoms with E-state index in [9.17, 15) is 4.79 Å². The number of hydrogen-bond donors (Lipinski definition) is 2. The van der Waals surface area contributed by atoms with E-state index < -0.39 is 0 Å². The van der Waals surface area contributed by atoms with Gasteiger partial charge in [-0.05, 0) is 12.1 Å². The number of pyridine rings is 1. The predicted octanol–water partition coefficient (Wildman–Crippen LogP) is 1.24. The number of methoxy groups -OCH3 is 1. The number of carbonyl (C=O) groups excluding carboxylic acids is 1. The number of ether oxygens (including phenoxy) is 1. The Hall–Kier alpha value is -1.38. The number of halogens is 1. The zero-order valence-electron chi connectivity index (χ0n) is 10.3. The summed E-state index contributed by atoms with van der Waals surface area (Å²) in [4.78, 5) is 19.2. The van der Waals surface area contributed by atoms with Gasteiger partial charge >= 0.3 is 5.97 Å². The molecule has 0 aromatic carbocycles. The average molecular weight is 364 g/mol. The highest BCUT2D eigenvalue weighted by atomic mass is 127. The number of hydrogen-bond acceptors (Lipinski definition) is 4. The van der Waals surface area contributed by atoms with E-state index in [0.717, 1.165) is 0 Å². The van der Waals surface area contributed by atoms with E-state index in [-0.39, 0.29) is 48.4 Å². The SMILES string of the molecule is COC(=O)C(C)CN=C(N)Nc1ccccn1.I. The fourth-order valence-corrected chi connectivity index (χ4v) is 1.12. The van der Waals surface area contributed by atoms with Crippen molar-refractivity contribution in [3.8, 4) is 0 Å². The number of aromatic nitrogens is 1. The Morgan fingerprint density at radius 2 is 2.33 bits per heavy atom. The van der Waals surface area contributed by atoms with Crippen molar-refractivity contribution in [2.75, 3.05) is 19.0 Å². The number of nitrogens with zero attached hydrogens (tertiary/aromatic N) is 2. The van der Waals surface area contributed by atoms with Gasteiger partial charge in [-0.1, -0.05) is 13.0 Å². The summed E-state index contributed by atoms with van der Waals surface area (Å²) in [7, 11) is 1.35. The van der Waals surface area contributed by atoms with Crippen LogP contribution in [0.15, 0.2) is 29.4 Å². The second kappa shape index (κ2) is 8.67. The molecular formula is C11H17IN4O2. The maximum absolute atomic E-state index is 11.1. The molecule has 0 saturated carbocycles. The van der Waals surface area contributed by atoms with Gasteiger partial charge < -0.3 is 15.8 Å². The van der Waals surface area contributed by atoms with Crippen molar-refractivity contribution in [2.24, 2.45) is 16.6 Å². The molecule has 1 atom stereocenters. The standard InChI is InChI=1S/C11H16N4O2.HI/c1-8(10(16)17-2)7-14-11(12)15-9-5-3-4-6-13-9;/h3-6,8H,7H2,1-2H3,(H3,12,13,14,15);1H. The van der Waals surface area contributed by atoms with E-state index in [1.54, 1.807) is 25.3 Å². The maximum Gasteiger partial charge on any atom is 0.310 e. The molecule has 0 spiro atoms. The third-order valence-electron chi connectivity index (χ3n) is 2.06. The Morgan fingerprint density at radius 1 is 1.61 bits per heavy atom. The Kier molecular flexibility index (Phi) is 8.01. The first-order valence-corrected chi connectivity index (χ1v) is 5.19. The molecule has 1 aromatic rings. The number of nitrogens with one attached hydrogen (secondary N) is 1. The topological polar surface area (TPSA) is 89.6 Å². The first-order valence-electron chi connectivity index (χ1n) is 5.19.